The SMILES string of the molecule is CC(Oc1ccc(Cl)cc1Cl)C(=O)NC(=O)C1CCNCC1. The first-order valence-electron chi connectivity index (χ1n) is 7.14. The lowest BCUT2D eigenvalue weighted by atomic mass is 9.97. The van der Waals surface area contributed by atoms with Crippen LogP contribution in [0.3, 0.4) is 0 Å². The quantitative estimate of drug-likeness (QED) is 0.879. The Kier molecular flexibility index (Phi) is 6.06. The molecule has 0 spiro atoms. The van der Waals surface area contributed by atoms with Crippen molar-refractivity contribution in [2.75, 3.05) is 13.1 Å². The van der Waals surface area contributed by atoms with E-state index in [1.54, 1.807) is 19.1 Å². The van der Waals surface area contributed by atoms with Crippen LogP contribution < -0.4 is 15.4 Å². The van der Waals surface area contributed by atoms with Gasteiger partial charge in [0.25, 0.3) is 5.91 Å². The maximum absolute atomic E-state index is 12.0. The molecule has 2 N–H and O–H groups in total. The highest BCUT2D eigenvalue weighted by molar-refractivity contribution is 6.35. The number of amides is 2. The van der Waals surface area contributed by atoms with Gasteiger partial charge in [-0.2, -0.15) is 0 Å². The van der Waals surface area contributed by atoms with Gasteiger partial charge >= 0.3 is 0 Å². The number of hydrogen-bond donors (Lipinski definition) is 2. The van der Waals surface area contributed by atoms with Gasteiger partial charge in [0.1, 0.15) is 5.75 Å². The molecule has 1 unspecified atom stereocenters. The van der Waals surface area contributed by atoms with Crippen molar-refractivity contribution in [3.8, 4) is 5.75 Å². The molecule has 0 bridgehead atoms. The first-order valence-corrected chi connectivity index (χ1v) is 7.90. The molecule has 7 heteroatoms. The van der Waals surface area contributed by atoms with Crippen molar-refractivity contribution < 1.29 is 14.3 Å². The van der Waals surface area contributed by atoms with Gasteiger partial charge in [-0.25, -0.2) is 0 Å². The van der Waals surface area contributed by atoms with Crippen molar-refractivity contribution in [2.45, 2.75) is 25.9 Å². The van der Waals surface area contributed by atoms with Crippen LogP contribution in [0, 0.1) is 5.92 Å². The number of piperidine rings is 1. The second-order valence-corrected chi connectivity index (χ2v) is 6.06. The predicted molar refractivity (Wildman–Crippen MR) is 85.3 cm³/mol. The van der Waals surface area contributed by atoms with E-state index in [4.69, 9.17) is 27.9 Å². The maximum atomic E-state index is 12.0. The smallest absolute Gasteiger partial charge is 0.267 e. The number of imide groups is 1. The Bertz CT molecular complexity index is 560. The van der Waals surface area contributed by atoms with Crippen LogP contribution in [-0.4, -0.2) is 31.0 Å². The molecule has 2 rings (SSSR count). The van der Waals surface area contributed by atoms with Crippen LogP contribution in [0.4, 0.5) is 0 Å². The molecule has 1 fully saturated rings. The predicted octanol–water partition coefficient (Wildman–Crippen LogP) is 2.40. The normalized spacial score (nSPS) is 16.9. The van der Waals surface area contributed by atoms with Crippen molar-refractivity contribution in [1.29, 1.82) is 0 Å². The van der Waals surface area contributed by atoms with Crippen LogP contribution in [-0.2, 0) is 9.59 Å². The lowest BCUT2D eigenvalue weighted by Crippen LogP contribution is -2.45. The second kappa shape index (κ2) is 7.81. The van der Waals surface area contributed by atoms with E-state index < -0.39 is 12.0 Å². The third-order valence-corrected chi connectivity index (χ3v) is 4.05. The van der Waals surface area contributed by atoms with Crippen molar-refractivity contribution in [2.24, 2.45) is 5.92 Å². The van der Waals surface area contributed by atoms with Gasteiger partial charge in [-0.1, -0.05) is 23.2 Å². The molecular weight excluding hydrogens is 327 g/mol. The van der Waals surface area contributed by atoms with Gasteiger partial charge in [0.2, 0.25) is 5.91 Å². The Morgan fingerprint density at radius 1 is 1.32 bits per heavy atom. The largest absolute Gasteiger partial charge is 0.479 e. The van der Waals surface area contributed by atoms with Crippen LogP contribution in [0.15, 0.2) is 18.2 Å². The Morgan fingerprint density at radius 3 is 2.64 bits per heavy atom. The molecular formula is C15H18Cl2N2O3. The zero-order valence-electron chi connectivity index (χ0n) is 12.2. The summed E-state index contributed by atoms with van der Waals surface area (Å²) in [6.07, 6.45) is 0.638. The zero-order valence-corrected chi connectivity index (χ0v) is 13.7. The highest BCUT2D eigenvalue weighted by Crippen LogP contribution is 2.28. The van der Waals surface area contributed by atoms with E-state index in [-0.39, 0.29) is 11.8 Å². The van der Waals surface area contributed by atoms with Crippen LogP contribution in [0.25, 0.3) is 0 Å². The molecule has 1 aliphatic rings. The Hall–Kier alpha value is -1.30. The fourth-order valence-electron chi connectivity index (χ4n) is 2.22. The van der Waals surface area contributed by atoms with E-state index in [0.29, 0.717) is 15.8 Å². The van der Waals surface area contributed by atoms with Gasteiger partial charge in [0.15, 0.2) is 6.10 Å². The fraction of sp³-hybridized carbons (Fsp3) is 0.467. The highest BCUT2D eigenvalue weighted by Gasteiger charge is 2.25. The summed E-state index contributed by atoms with van der Waals surface area (Å²) in [7, 11) is 0. The third kappa shape index (κ3) is 4.60. The highest BCUT2D eigenvalue weighted by atomic mass is 35.5. The van der Waals surface area contributed by atoms with E-state index in [9.17, 15) is 9.59 Å². The molecule has 120 valence electrons. The average molecular weight is 345 g/mol. The Labute approximate surface area is 139 Å². The lowest BCUT2D eigenvalue weighted by Gasteiger charge is -2.22. The van der Waals surface area contributed by atoms with E-state index in [1.165, 1.54) is 6.07 Å². The van der Waals surface area contributed by atoms with Gasteiger partial charge < -0.3 is 10.1 Å². The van der Waals surface area contributed by atoms with Gasteiger partial charge in [0, 0.05) is 10.9 Å². The molecule has 1 atom stereocenters. The number of carbonyl (C=O) groups is 2. The Morgan fingerprint density at radius 2 is 2.00 bits per heavy atom. The van der Waals surface area contributed by atoms with Crippen LogP contribution >= 0.6 is 23.2 Å². The minimum Gasteiger partial charge on any atom is -0.479 e. The first kappa shape index (κ1) is 17.1. The van der Waals surface area contributed by atoms with Crippen LogP contribution in [0.2, 0.25) is 10.0 Å². The summed E-state index contributed by atoms with van der Waals surface area (Å²) in [6.45, 7) is 3.15. The lowest BCUT2D eigenvalue weighted by molar-refractivity contribution is -0.136. The molecule has 1 aromatic carbocycles. The molecule has 0 aliphatic carbocycles. The summed E-state index contributed by atoms with van der Waals surface area (Å²) in [6, 6.07) is 4.74. The average Bonchev–Trinajstić information content (AvgIpc) is 2.50. The van der Waals surface area contributed by atoms with Gasteiger partial charge in [-0.3, -0.25) is 14.9 Å². The molecule has 1 aliphatic heterocycles. The minimum atomic E-state index is -0.829. The molecule has 5 nitrogen and oxygen atoms in total. The van der Waals surface area contributed by atoms with Crippen LogP contribution in [0.1, 0.15) is 19.8 Å². The van der Waals surface area contributed by atoms with Crippen molar-refractivity contribution >= 4 is 35.0 Å². The summed E-state index contributed by atoms with van der Waals surface area (Å²) in [5.41, 5.74) is 0. The number of halogens is 2. The molecule has 0 saturated carbocycles. The van der Waals surface area contributed by atoms with Crippen molar-refractivity contribution in [3.63, 3.8) is 0 Å². The fourth-order valence-corrected chi connectivity index (χ4v) is 2.68. The second-order valence-electron chi connectivity index (χ2n) is 5.21. The number of carbonyl (C=O) groups excluding carboxylic acids is 2. The van der Waals surface area contributed by atoms with Gasteiger partial charge in [-0.05, 0) is 51.1 Å². The molecule has 1 heterocycles. The van der Waals surface area contributed by atoms with Gasteiger partial charge in [0.05, 0.1) is 5.02 Å². The Balaban J connectivity index is 1.89. The summed E-state index contributed by atoms with van der Waals surface area (Å²) < 4.78 is 5.48. The van der Waals surface area contributed by atoms with Gasteiger partial charge in [-0.15, -0.1) is 0 Å². The summed E-state index contributed by atoms with van der Waals surface area (Å²) in [5.74, 6) is -0.502. The zero-order chi connectivity index (χ0) is 16.1. The number of ether oxygens (including phenoxy) is 1. The van der Waals surface area contributed by atoms with E-state index in [2.05, 4.69) is 10.6 Å². The minimum absolute atomic E-state index is 0.128. The monoisotopic (exact) mass is 344 g/mol. The summed E-state index contributed by atoms with van der Waals surface area (Å²) in [4.78, 5) is 24.1. The maximum Gasteiger partial charge on any atom is 0.267 e. The van der Waals surface area contributed by atoms with Crippen molar-refractivity contribution in [3.05, 3.63) is 28.2 Å². The number of hydrogen-bond acceptors (Lipinski definition) is 4. The van der Waals surface area contributed by atoms with E-state index in [1.807, 2.05) is 0 Å². The first-order chi connectivity index (χ1) is 10.5. The molecule has 0 radical (unpaired) electrons. The molecule has 1 aromatic rings. The number of nitrogens with one attached hydrogen (secondary N) is 2. The molecule has 0 aromatic heterocycles. The third-order valence-electron chi connectivity index (χ3n) is 3.52. The molecule has 2 amide bonds. The molecule has 1 saturated heterocycles. The topological polar surface area (TPSA) is 67.4 Å². The number of benzene rings is 1. The van der Waals surface area contributed by atoms with Crippen LogP contribution in [0.5, 0.6) is 5.75 Å². The van der Waals surface area contributed by atoms with Crippen molar-refractivity contribution in [1.82, 2.24) is 10.6 Å². The molecule has 22 heavy (non-hydrogen) atoms. The summed E-state index contributed by atoms with van der Waals surface area (Å²) >= 11 is 11.8. The van der Waals surface area contributed by atoms with E-state index in [0.717, 1.165) is 25.9 Å². The standard InChI is InChI=1S/C15H18Cl2N2O3/c1-9(22-13-3-2-11(16)8-12(13)17)14(20)19-15(21)10-4-6-18-7-5-10/h2-3,8-10,18H,4-7H2,1H3,(H,19,20,21). The van der Waals surface area contributed by atoms with E-state index >= 15 is 0 Å². The number of rotatable bonds is 4. The summed E-state index contributed by atoms with van der Waals surface area (Å²) in [5, 5.41) is 6.37.